The molecule has 7 heteroatoms. The van der Waals surface area contributed by atoms with E-state index < -0.39 is 11.7 Å². The van der Waals surface area contributed by atoms with E-state index in [-0.39, 0.29) is 0 Å². The molecule has 186 valence electrons. The second-order valence-electron chi connectivity index (χ2n) is 8.34. The van der Waals surface area contributed by atoms with Crippen molar-refractivity contribution >= 4 is 21.8 Å². The van der Waals surface area contributed by atoms with Crippen LogP contribution in [0.2, 0.25) is 0 Å². The molecule has 0 spiro atoms. The van der Waals surface area contributed by atoms with Crippen LogP contribution >= 0.6 is 0 Å². The van der Waals surface area contributed by atoms with Gasteiger partial charge < -0.3 is 19.6 Å². The number of nitrogens with one attached hydrogen (secondary N) is 2. The molecule has 0 bridgehead atoms. The van der Waals surface area contributed by atoms with E-state index in [1.54, 1.807) is 13.2 Å². The summed E-state index contributed by atoms with van der Waals surface area (Å²) in [6.07, 6.45) is 1.58. The first-order valence-electron chi connectivity index (χ1n) is 11.5. The molecule has 3 aromatic carbocycles. The summed E-state index contributed by atoms with van der Waals surface area (Å²) in [7, 11) is 1.68. The van der Waals surface area contributed by atoms with Crippen molar-refractivity contribution < 1.29 is 17.9 Å². The highest BCUT2D eigenvalue weighted by Crippen LogP contribution is 2.29. The molecule has 0 aliphatic heterocycles. The summed E-state index contributed by atoms with van der Waals surface area (Å²) < 4.78 is 45.3. The molecule has 2 N–H and O–H groups in total. The maximum atomic E-state index is 12.7. The van der Waals surface area contributed by atoms with E-state index in [1.165, 1.54) is 23.0 Å². The second kappa shape index (κ2) is 11.2. The number of ether oxygens (including phenoxy) is 1. The van der Waals surface area contributed by atoms with Crippen LogP contribution in [0, 0.1) is 0 Å². The van der Waals surface area contributed by atoms with Gasteiger partial charge in [-0.2, -0.15) is 13.2 Å². The number of aromatic amines is 1. The molecule has 36 heavy (non-hydrogen) atoms. The fourth-order valence-corrected chi connectivity index (χ4v) is 4.08. The molecular weight excluding hydrogens is 463 g/mol. The number of methoxy groups -OCH3 is 1. The van der Waals surface area contributed by atoms with Crippen LogP contribution in [0.5, 0.6) is 5.75 Å². The third-order valence-corrected chi connectivity index (χ3v) is 5.88. The van der Waals surface area contributed by atoms with Gasteiger partial charge in [0.05, 0.1) is 12.7 Å². The average Bonchev–Trinajstić information content (AvgIpc) is 3.48. The van der Waals surface area contributed by atoms with Gasteiger partial charge in [-0.1, -0.05) is 42.5 Å². The summed E-state index contributed by atoms with van der Waals surface area (Å²) >= 11 is 0. The zero-order chi connectivity index (χ0) is 25.5. The molecule has 0 radical (unpaired) electrons. The number of nitrogens with zero attached hydrogens (tertiary/aromatic N) is 1. The monoisotopic (exact) mass is 491 g/mol. The number of fused-ring (bicyclic) bond motifs is 2. The highest BCUT2D eigenvalue weighted by atomic mass is 19.4. The number of hydrogen-bond donors (Lipinski definition) is 2. The molecule has 0 atom stereocenters. The second-order valence-corrected chi connectivity index (χ2v) is 8.34. The average molecular weight is 492 g/mol. The Morgan fingerprint density at radius 1 is 1.00 bits per heavy atom. The maximum Gasteiger partial charge on any atom is 0.416 e. The molecule has 0 aliphatic rings. The normalized spacial score (nSPS) is 11.3. The summed E-state index contributed by atoms with van der Waals surface area (Å²) in [5.74, 6) is 0.897. The lowest BCUT2D eigenvalue weighted by Crippen LogP contribution is -2.13. The van der Waals surface area contributed by atoms with E-state index in [0.29, 0.717) is 18.7 Å². The van der Waals surface area contributed by atoms with Gasteiger partial charge in [0.1, 0.15) is 5.75 Å². The van der Waals surface area contributed by atoms with Crippen LogP contribution in [0.4, 0.5) is 13.2 Å². The first kappa shape index (κ1) is 25.1. The van der Waals surface area contributed by atoms with Gasteiger partial charge in [-0.05, 0) is 47.5 Å². The number of aromatic nitrogens is 2. The van der Waals surface area contributed by atoms with Crippen LogP contribution in [0.25, 0.3) is 21.8 Å². The van der Waals surface area contributed by atoms with Crippen molar-refractivity contribution in [3.63, 3.8) is 0 Å². The minimum absolute atomic E-state index is 0.392. The van der Waals surface area contributed by atoms with Gasteiger partial charge in [-0.3, -0.25) is 0 Å². The third-order valence-electron chi connectivity index (χ3n) is 5.88. The van der Waals surface area contributed by atoms with Crippen LogP contribution in [0.3, 0.4) is 0 Å². The number of alkyl halides is 3. The summed E-state index contributed by atoms with van der Waals surface area (Å²) in [4.78, 5) is 3.18. The quantitative estimate of drug-likeness (QED) is 0.234. The SMILES string of the molecule is C=CCn1ccc2cc(OC)ccc21.FC(F)(F)c1cccc(CNCc2c[nH]c3ccccc23)c1. The fourth-order valence-electron chi connectivity index (χ4n) is 4.08. The predicted molar refractivity (Wildman–Crippen MR) is 139 cm³/mol. The van der Waals surface area contributed by atoms with Gasteiger partial charge in [0.2, 0.25) is 0 Å². The predicted octanol–water partition coefficient (Wildman–Crippen LogP) is 7.31. The van der Waals surface area contributed by atoms with Crippen molar-refractivity contribution in [3.05, 3.63) is 115 Å². The molecule has 0 aliphatic carbocycles. The molecular formula is C29H28F3N3O. The lowest BCUT2D eigenvalue weighted by molar-refractivity contribution is -0.137. The van der Waals surface area contributed by atoms with Crippen molar-refractivity contribution in [1.29, 1.82) is 0 Å². The van der Waals surface area contributed by atoms with Crippen molar-refractivity contribution in [2.45, 2.75) is 25.8 Å². The van der Waals surface area contributed by atoms with Crippen LogP contribution in [-0.4, -0.2) is 16.7 Å². The van der Waals surface area contributed by atoms with Crippen LogP contribution in [-0.2, 0) is 25.8 Å². The summed E-state index contributed by atoms with van der Waals surface area (Å²) in [6, 6.07) is 21.5. The van der Waals surface area contributed by atoms with Gasteiger partial charge in [0, 0.05) is 53.8 Å². The lowest BCUT2D eigenvalue weighted by Gasteiger charge is -2.09. The Labute approximate surface area is 208 Å². The van der Waals surface area contributed by atoms with Gasteiger partial charge in [0.15, 0.2) is 0 Å². The first-order valence-corrected chi connectivity index (χ1v) is 11.5. The zero-order valence-corrected chi connectivity index (χ0v) is 20.0. The Bertz CT molecular complexity index is 1450. The van der Waals surface area contributed by atoms with Gasteiger partial charge >= 0.3 is 6.18 Å². The highest BCUT2D eigenvalue weighted by molar-refractivity contribution is 5.83. The number of hydrogen-bond acceptors (Lipinski definition) is 2. The van der Waals surface area contributed by atoms with E-state index in [4.69, 9.17) is 4.74 Å². The standard InChI is InChI=1S/C17H15F3N2.C12H13NO/c18-17(19,20)14-5-3-4-12(8-14)9-21-10-13-11-22-16-7-2-1-6-15(13)16;1-3-7-13-8-6-10-9-11(14-2)4-5-12(10)13/h1-8,11,21-22H,9-10H2;3-6,8-9H,1,7H2,2H3. The van der Waals surface area contributed by atoms with E-state index in [1.807, 2.05) is 48.7 Å². The number of allylic oxidation sites excluding steroid dienone is 1. The number of rotatable bonds is 7. The Kier molecular flexibility index (Phi) is 7.80. The Balaban J connectivity index is 0.000000187. The summed E-state index contributed by atoms with van der Waals surface area (Å²) in [5, 5.41) is 5.51. The topological polar surface area (TPSA) is 42.0 Å². The molecule has 0 amide bonds. The molecule has 5 aromatic rings. The van der Waals surface area contributed by atoms with E-state index in [0.717, 1.165) is 34.8 Å². The molecule has 2 aromatic heterocycles. The van der Waals surface area contributed by atoms with E-state index in [2.05, 4.69) is 39.8 Å². The molecule has 5 rings (SSSR count). The van der Waals surface area contributed by atoms with Gasteiger partial charge in [-0.15, -0.1) is 6.58 Å². The Morgan fingerprint density at radius 2 is 1.83 bits per heavy atom. The molecule has 2 heterocycles. The van der Waals surface area contributed by atoms with Crippen molar-refractivity contribution in [3.8, 4) is 5.75 Å². The zero-order valence-electron chi connectivity index (χ0n) is 20.0. The first-order chi connectivity index (χ1) is 17.4. The van der Waals surface area contributed by atoms with E-state index >= 15 is 0 Å². The minimum atomic E-state index is -4.30. The number of H-pyrrole nitrogens is 1. The number of para-hydroxylation sites is 1. The molecule has 0 unspecified atom stereocenters. The summed E-state index contributed by atoms with van der Waals surface area (Å²) in [5.41, 5.74) is 3.38. The largest absolute Gasteiger partial charge is 0.497 e. The Hall–Kier alpha value is -3.97. The number of halogens is 3. The van der Waals surface area contributed by atoms with E-state index in [9.17, 15) is 13.2 Å². The molecule has 0 saturated carbocycles. The minimum Gasteiger partial charge on any atom is -0.497 e. The van der Waals surface area contributed by atoms with Crippen LogP contribution in [0.1, 0.15) is 16.7 Å². The number of benzene rings is 3. The van der Waals surface area contributed by atoms with Gasteiger partial charge in [0.25, 0.3) is 0 Å². The summed E-state index contributed by atoms with van der Waals surface area (Å²) in [6.45, 7) is 5.56. The smallest absolute Gasteiger partial charge is 0.416 e. The van der Waals surface area contributed by atoms with Crippen molar-refractivity contribution in [2.75, 3.05) is 7.11 Å². The fraction of sp³-hybridized carbons (Fsp3) is 0.172. The van der Waals surface area contributed by atoms with Crippen molar-refractivity contribution in [1.82, 2.24) is 14.9 Å². The molecule has 0 saturated heterocycles. The van der Waals surface area contributed by atoms with Crippen molar-refractivity contribution in [2.24, 2.45) is 0 Å². The van der Waals surface area contributed by atoms with Gasteiger partial charge in [-0.25, -0.2) is 0 Å². The van der Waals surface area contributed by atoms with Crippen LogP contribution < -0.4 is 10.1 Å². The van der Waals surface area contributed by atoms with Crippen LogP contribution in [0.15, 0.2) is 97.8 Å². The molecule has 0 fully saturated rings. The highest BCUT2D eigenvalue weighted by Gasteiger charge is 2.30. The third kappa shape index (κ3) is 5.98. The molecule has 4 nitrogen and oxygen atoms in total. The lowest BCUT2D eigenvalue weighted by atomic mass is 10.1. The maximum absolute atomic E-state index is 12.7. The Morgan fingerprint density at radius 3 is 2.61 bits per heavy atom.